The van der Waals surface area contributed by atoms with Crippen LogP contribution in [0.15, 0.2) is 10.7 Å². The molecule has 7 heteroatoms. The molecule has 0 saturated carbocycles. The van der Waals surface area contributed by atoms with Crippen LogP contribution in [0.1, 0.15) is 5.69 Å². The van der Waals surface area contributed by atoms with Crippen LogP contribution < -0.4 is 0 Å². The van der Waals surface area contributed by atoms with Crippen molar-refractivity contribution in [3.8, 4) is 11.5 Å². The Morgan fingerprint density at radius 1 is 0.882 bits per heavy atom. The zero-order valence-electron chi connectivity index (χ0n) is 8.03. The van der Waals surface area contributed by atoms with E-state index in [0.717, 1.165) is 6.26 Å². The molecule has 0 spiro atoms. The molecule has 1 aromatic heterocycles. The minimum Gasteiger partial charge on any atom is -0.444 e. The third-order valence-electron chi connectivity index (χ3n) is 1.98. The van der Waals surface area contributed by atoms with Gasteiger partial charge < -0.3 is 4.42 Å². The van der Waals surface area contributed by atoms with Crippen molar-refractivity contribution in [2.24, 2.45) is 0 Å². The van der Waals surface area contributed by atoms with Crippen molar-refractivity contribution in [1.82, 2.24) is 4.98 Å². The van der Waals surface area contributed by atoms with Crippen LogP contribution >= 0.6 is 0 Å². The van der Waals surface area contributed by atoms with E-state index in [2.05, 4.69) is 16.3 Å². The lowest BCUT2D eigenvalue weighted by molar-refractivity contribution is 0.378. The Labute approximate surface area is 91.7 Å². The lowest BCUT2D eigenvalue weighted by Gasteiger charge is -2.04. The maximum absolute atomic E-state index is 13.3. The molecule has 0 saturated heterocycles. The summed E-state index contributed by atoms with van der Waals surface area (Å²) in [5.74, 6) is -11.1. The third-order valence-corrected chi connectivity index (χ3v) is 1.98. The van der Waals surface area contributed by atoms with E-state index in [9.17, 15) is 22.0 Å². The van der Waals surface area contributed by atoms with Crippen LogP contribution in [0, 0.1) is 36.0 Å². The van der Waals surface area contributed by atoms with E-state index in [1.807, 2.05) is 0 Å². The van der Waals surface area contributed by atoms with E-state index in [-0.39, 0.29) is 5.69 Å². The first-order chi connectivity index (χ1) is 7.93. The summed E-state index contributed by atoms with van der Waals surface area (Å²) in [6.45, 7) is 3.28. The second-order valence-corrected chi connectivity index (χ2v) is 3.09. The number of aromatic nitrogens is 1. The quantitative estimate of drug-likeness (QED) is 0.440. The van der Waals surface area contributed by atoms with Gasteiger partial charge in [0, 0.05) is 0 Å². The van der Waals surface area contributed by atoms with Crippen molar-refractivity contribution in [1.29, 1.82) is 0 Å². The SMILES string of the molecule is [CH2]c1coc(-c2c(F)c(F)c(F)c(F)c2F)n1. The molecule has 1 aromatic carbocycles. The van der Waals surface area contributed by atoms with Crippen molar-refractivity contribution in [3.63, 3.8) is 0 Å². The molecule has 0 aliphatic rings. The van der Waals surface area contributed by atoms with Gasteiger partial charge in [0.05, 0.1) is 5.69 Å². The summed E-state index contributed by atoms with van der Waals surface area (Å²) < 4.78 is 69.5. The second kappa shape index (κ2) is 3.83. The van der Waals surface area contributed by atoms with Gasteiger partial charge in [0.15, 0.2) is 23.3 Å². The van der Waals surface area contributed by atoms with Crippen LogP contribution in [0.4, 0.5) is 22.0 Å². The van der Waals surface area contributed by atoms with Crippen molar-refractivity contribution in [3.05, 3.63) is 48.0 Å². The minimum atomic E-state index is -2.23. The Morgan fingerprint density at radius 3 is 1.76 bits per heavy atom. The van der Waals surface area contributed by atoms with Crippen molar-refractivity contribution in [2.75, 3.05) is 0 Å². The molecule has 89 valence electrons. The van der Waals surface area contributed by atoms with Gasteiger partial charge in [-0.05, 0) is 6.92 Å². The number of rotatable bonds is 1. The highest BCUT2D eigenvalue weighted by Crippen LogP contribution is 2.30. The van der Waals surface area contributed by atoms with Gasteiger partial charge in [-0.25, -0.2) is 26.9 Å². The molecule has 0 fully saturated rings. The standard InChI is InChI=1S/C10H3F5NO/c1-3-2-17-10(16-3)4-5(11)7(13)9(15)8(14)6(4)12/h2H,1H2. The van der Waals surface area contributed by atoms with Crippen LogP contribution in [-0.2, 0) is 0 Å². The second-order valence-electron chi connectivity index (χ2n) is 3.09. The van der Waals surface area contributed by atoms with Gasteiger partial charge in [0.2, 0.25) is 11.7 Å². The molecule has 0 aliphatic heterocycles. The maximum Gasteiger partial charge on any atom is 0.232 e. The first kappa shape index (κ1) is 11.6. The highest BCUT2D eigenvalue weighted by Gasteiger charge is 2.28. The van der Waals surface area contributed by atoms with E-state index >= 15 is 0 Å². The topological polar surface area (TPSA) is 26.0 Å². The molecule has 1 radical (unpaired) electrons. The molecule has 17 heavy (non-hydrogen) atoms. The van der Waals surface area contributed by atoms with Crippen molar-refractivity contribution >= 4 is 0 Å². The number of halogens is 5. The molecule has 2 nitrogen and oxygen atoms in total. The monoisotopic (exact) mass is 248 g/mol. The first-order valence-corrected chi connectivity index (χ1v) is 4.22. The largest absolute Gasteiger partial charge is 0.444 e. The highest BCUT2D eigenvalue weighted by molar-refractivity contribution is 5.56. The summed E-state index contributed by atoms with van der Waals surface area (Å²) in [5, 5.41) is 0. The Morgan fingerprint density at radius 2 is 1.35 bits per heavy atom. The fourth-order valence-electron chi connectivity index (χ4n) is 1.21. The van der Waals surface area contributed by atoms with Crippen LogP contribution in [0.5, 0.6) is 0 Å². The minimum absolute atomic E-state index is 0.00365. The van der Waals surface area contributed by atoms with E-state index in [1.165, 1.54) is 0 Å². The van der Waals surface area contributed by atoms with Crippen LogP contribution in [0.25, 0.3) is 11.5 Å². The molecule has 0 N–H and O–H groups in total. The van der Waals surface area contributed by atoms with Crippen molar-refractivity contribution < 1.29 is 26.4 Å². The number of oxazole rings is 1. The fourth-order valence-corrected chi connectivity index (χ4v) is 1.21. The predicted molar refractivity (Wildman–Crippen MR) is 46.2 cm³/mol. The fraction of sp³-hybridized carbons (Fsp3) is 0. The molecular formula is C10H3F5NO. The molecule has 0 amide bonds. The summed E-state index contributed by atoms with van der Waals surface area (Å²) >= 11 is 0. The zero-order chi connectivity index (χ0) is 12.7. The molecule has 2 rings (SSSR count). The molecule has 0 unspecified atom stereocenters. The summed E-state index contributed by atoms with van der Waals surface area (Å²) in [4.78, 5) is 3.40. The van der Waals surface area contributed by atoms with Gasteiger partial charge in [-0.2, -0.15) is 0 Å². The number of nitrogens with zero attached hydrogens (tertiary/aromatic N) is 1. The molecule has 1 heterocycles. The van der Waals surface area contributed by atoms with E-state index in [4.69, 9.17) is 0 Å². The molecule has 2 aromatic rings. The first-order valence-electron chi connectivity index (χ1n) is 4.22. The summed E-state index contributed by atoms with van der Waals surface area (Å²) in [7, 11) is 0. The number of benzene rings is 1. The van der Waals surface area contributed by atoms with E-state index in [0.29, 0.717) is 0 Å². The molecule has 0 atom stereocenters. The average molecular weight is 248 g/mol. The van der Waals surface area contributed by atoms with Crippen LogP contribution in [0.3, 0.4) is 0 Å². The Hall–Kier alpha value is -1.92. The summed E-state index contributed by atoms with van der Waals surface area (Å²) in [5.41, 5.74) is -1.21. The van der Waals surface area contributed by atoms with Gasteiger partial charge >= 0.3 is 0 Å². The maximum atomic E-state index is 13.3. The Kier molecular flexibility index (Phi) is 2.60. The summed E-state index contributed by atoms with van der Waals surface area (Å²) in [6.07, 6.45) is 0.924. The third kappa shape index (κ3) is 1.67. The van der Waals surface area contributed by atoms with E-state index in [1.54, 1.807) is 0 Å². The predicted octanol–water partition coefficient (Wildman–Crippen LogP) is 3.22. The van der Waals surface area contributed by atoms with Crippen LogP contribution in [-0.4, -0.2) is 4.98 Å². The van der Waals surface area contributed by atoms with Crippen LogP contribution in [0.2, 0.25) is 0 Å². The lowest BCUT2D eigenvalue weighted by Crippen LogP contribution is -2.04. The van der Waals surface area contributed by atoms with Gasteiger partial charge in [0.1, 0.15) is 11.8 Å². The molecule has 0 aliphatic carbocycles. The van der Waals surface area contributed by atoms with Gasteiger partial charge in [-0.15, -0.1) is 0 Å². The average Bonchev–Trinajstić information content (AvgIpc) is 2.71. The summed E-state index contributed by atoms with van der Waals surface area (Å²) in [6, 6.07) is 0. The van der Waals surface area contributed by atoms with Crippen molar-refractivity contribution in [2.45, 2.75) is 0 Å². The van der Waals surface area contributed by atoms with Gasteiger partial charge in [-0.3, -0.25) is 0 Å². The Balaban J connectivity index is 2.78. The van der Waals surface area contributed by atoms with Gasteiger partial charge in [-0.1, -0.05) is 0 Å². The van der Waals surface area contributed by atoms with E-state index < -0.39 is 40.5 Å². The molecule has 0 bridgehead atoms. The Bertz CT molecular complexity index is 564. The molecular weight excluding hydrogens is 245 g/mol. The highest BCUT2D eigenvalue weighted by atomic mass is 19.2. The van der Waals surface area contributed by atoms with Gasteiger partial charge in [0.25, 0.3) is 0 Å². The normalized spacial score (nSPS) is 10.9. The number of hydrogen-bond acceptors (Lipinski definition) is 2. The lowest BCUT2D eigenvalue weighted by atomic mass is 10.1. The zero-order valence-corrected chi connectivity index (χ0v) is 8.03. The smallest absolute Gasteiger partial charge is 0.232 e. The number of hydrogen-bond donors (Lipinski definition) is 0.